The molecule has 6 nitrogen and oxygen atoms in total. The van der Waals surface area contributed by atoms with E-state index in [9.17, 15) is 0 Å². The van der Waals surface area contributed by atoms with Gasteiger partial charge in [-0.25, -0.2) is 4.99 Å². The quantitative estimate of drug-likeness (QED) is 0.361. The fraction of sp³-hybridized carbons (Fsp3) is 0.900. The van der Waals surface area contributed by atoms with Crippen LogP contribution in [0.2, 0.25) is 0 Å². The van der Waals surface area contributed by atoms with E-state index in [0.717, 1.165) is 0 Å². The molecule has 1 unspecified atom stereocenters. The lowest BCUT2D eigenvalue weighted by Gasteiger charge is -2.32. The molecule has 0 aliphatic carbocycles. The molecule has 0 aromatic rings. The predicted molar refractivity (Wildman–Crippen MR) is 70.5 cm³/mol. The number of aliphatic imine (C=N–C) groups is 1. The maximum atomic E-state index is 5.74. The highest BCUT2D eigenvalue weighted by Crippen LogP contribution is 2.20. The topological polar surface area (TPSA) is 92.1 Å². The molecule has 0 saturated heterocycles. The van der Waals surface area contributed by atoms with Gasteiger partial charge in [-0.05, 0) is 27.2 Å². The average Bonchev–Trinajstić information content (AvgIpc) is 2.26. The van der Waals surface area contributed by atoms with E-state index in [4.69, 9.17) is 24.7 Å². The summed E-state index contributed by atoms with van der Waals surface area (Å²) in [6.45, 7) is 9.25. The summed E-state index contributed by atoms with van der Waals surface area (Å²) in [4.78, 5) is 4.18. The van der Waals surface area contributed by atoms with Gasteiger partial charge in [0, 0.05) is 19.8 Å². The van der Waals surface area contributed by atoms with Crippen molar-refractivity contribution in [3.05, 3.63) is 0 Å². The van der Waals surface area contributed by atoms with Crippen molar-refractivity contribution in [1.29, 1.82) is 0 Å². The van der Waals surface area contributed by atoms with Crippen molar-refractivity contribution in [3.8, 4) is 0 Å². The molecule has 0 radical (unpaired) electrons. The molecule has 0 spiro atoms. The summed E-state index contributed by atoms with van der Waals surface area (Å²) in [5.74, 6) is 0.0350. The lowest BCUT2D eigenvalue weighted by atomic mass is 10.5. The van der Waals surface area contributed by atoms with Crippen LogP contribution in [0.5, 0.6) is 0 Å². The minimum absolute atomic E-state index is 0.0350. The highest BCUT2D eigenvalue weighted by atomic mass is 28.4. The molecule has 7 heteroatoms. The van der Waals surface area contributed by atoms with Crippen LogP contribution in [0.1, 0.15) is 34.1 Å². The Hall–Kier alpha value is -0.633. The van der Waals surface area contributed by atoms with Crippen molar-refractivity contribution in [2.45, 2.75) is 39.8 Å². The second-order valence-corrected chi connectivity index (χ2v) is 6.12. The molecule has 0 fully saturated rings. The van der Waals surface area contributed by atoms with Crippen molar-refractivity contribution in [1.82, 2.24) is 0 Å². The van der Waals surface area contributed by atoms with Crippen LogP contribution in [-0.4, -0.2) is 40.2 Å². The van der Waals surface area contributed by atoms with E-state index >= 15 is 0 Å². The Bertz CT molecular complexity index is 218. The molecule has 0 aromatic carbocycles. The van der Waals surface area contributed by atoms with Gasteiger partial charge in [0.2, 0.25) is 0 Å². The third-order valence-electron chi connectivity index (χ3n) is 2.14. The Balaban J connectivity index is 5.11. The molecule has 0 amide bonds. The minimum atomic E-state index is -2.84. The number of hydrogen-bond acceptors (Lipinski definition) is 4. The van der Waals surface area contributed by atoms with Gasteiger partial charge in [-0.3, -0.25) is 0 Å². The molecular formula is C10H25N3O3Si. The maximum Gasteiger partial charge on any atom is 0.526 e. The summed E-state index contributed by atoms with van der Waals surface area (Å²) in [5, 5.41) is 0. The molecule has 0 aliphatic rings. The van der Waals surface area contributed by atoms with Crippen LogP contribution >= 0.6 is 0 Å². The smallest absolute Gasteiger partial charge is 0.373 e. The summed E-state index contributed by atoms with van der Waals surface area (Å²) in [7, 11) is -2.84. The molecule has 17 heavy (non-hydrogen) atoms. The molecule has 0 saturated carbocycles. The molecule has 0 heterocycles. The summed E-state index contributed by atoms with van der Waals surface area (Å²) in [6, 6.07) is 0. The van der Waals surface area contributed by atoms with Crippen LogP contribution in [0.4, 0.5) is 0 Å². The Morgan fingerprint density at radius 3 is 1.65 bits per heavy atom. The van der Waals surface area contributed by atoms with Crippen molar-refractivity contribution in [3.63, 3.8) is 0 Å². The lowest BCUT2D eigenvalue weighted by Crippen LogP contribution is -2.56. The summed E-state index contributed by atoms with van der Waals surface area (Å²) in [6.07, 6.45) is 0.712. The molecule has 0 aliphatic heterocycles. The second kappa shape index (κ2) is 8.46. The molecule has 0 bridgehead atoms. The Labute approximate surface area is 105 Å². The van der Waals surface area contributed by atoms with E-state index in [1.165, 1.54) is 0 Å². The summed E-state index contributed by atoms with van der Waals surface area (Å²) >= 11 is 0. The summed E-state index contributed by atoms with van der Waals surface area (Å²) < 4.78 is 17.2. The fourth-order valence-electron chi connectivity index (χ4n) is 1.62. The Morgan fingerprint density at radius 2 is 1.41 bits per heavy atom. The first-order valence-corrected chi connectivity index (χ1v) is 7.86. The molecular weight excluding hydrogens is 238 g/mol. The molecule has 1 atom stereocenters. The van der Waals surface area contributed by atoms with Crippen LogP contribution in [0.25, 0.3) is 0 Å². The largest absolute Gasteiger partial charge is 0.526 e. The Morgan fingerprint density at radius 1 is 1.00 bits per heavy atom. The van der Waals surface area contributed by atoms with Crippen molar-refractivity contribution < 1.29 is 13.3 Å². The van der Waals surface area contributed by atoms with Gasteiger partial charge in [0.05, 0.1) is 0 Å². The number of hydrogen-bond donors (Lipinski definition) is 2. The maximum absolute atomic E-state index is 5.74. The van der Waals surface area contributed by atoms with Gasteiger partial charge in [-0.15, -0.1) is 0 Å². The third kappa shape index (κ3) is 5.03. The zero-order chi connectivity index (χ0) is 13.3. The highest BCUT2D eigenvalue weighted by molar-refractivity contribution is 6.62. The van der Waals surface area contributed by atoms with Crippen LogP contribution in [0.15, 0.2) is 4.99 Å². The lowest BCUT2D eigenvalue weighted by molar-refractivity contribution is 0.0621. The van der Waals surface area contributed by atoms with Gasteiger partial charge in [0.1, 0.15) is 5.67 Å². The zero-order valence-electron chi connectivity index (χ0n) is 11.2. The summed E-state index contributed by atoms with van der Waals surface area (Å²) in [5.41, 5.74) is 10.6. The number of nitrogens with two attached hydrogens (primary N) is 2. The number of rotatable bonds is 9. The first-order chi connectivity index (χ1) is 8.06. The van der Waals surface area contributed by atoms with Crippen LogP contribution < -0.4 is 11.5 Å². The molecule has 0 aromatic heterocycles. The molecule has 4 N–H and O–H groups in total. The van der Waals surface area contributed by atoms with Crippen LogP contribution in [-0.2, 0) is 13.3 Å². The number of nitrogens with zero attached hydrogens (tertiary/aromatic N) is 1. The van der Waals surface area contributed by atoms with Gasteiger partial charge in [0.15, 0.2) is 5.96 Å². The first kappa shape index (κ1) is 16.4. The second-order valence-electron chi connectivity index (χ2n) is 3.38. The van der Waals surface area contributed by atoms with Crippen LogP contribution in [0.3, 0.4) is 0 Å². The average molecular weight is 263 g/mol. The van der Waals surface area contributed by atoms with E-state index < -0.39 is 8.80 Å². The van der Waals surface area contributed by atoms with Crippen molar-refractivity contribution in [2.75, 3.05) is 19.8 Å². The molecule has 102 valence electrons. The van der Waals surface area contributed by atoms with E-state index in [0.29, 0.717) is 26.2 Å². The monoisotopic (exact) mass is 263 g/mol. The van der Waals surface area contributed by atoms with E-state index in [1.807, 2.05) is 27.7 Å². The Kier molecular flexibility index (Phi) is 8.14. The van der Waals surface area contributed by atoms with Gasteiger partial charge in [-0.2, -0.15) is 0 Å². The zero-order valence-corrected chi connectivity index (χ0v) is 12.2. The van der Waals surface area contributed by atoms with Crippen LogP contribution in [0, 0.1) is 0 Å². The van der Waals surface area contributed by atoms with E-state index in [2.05, 4.69) is 4.99 Å². The van der Waals surface area contributed by atoms with Gasteiger partial charge < -0.3 is 24.7 Å². The first-order valence-electron chi connectivity index (χ1n) is 6.06. The van der Waals surface area contributed by atoms with Gasteiger partial charge >= 0.3 is 8.80 Å². The predicted octanol–water partition coefficient (Wildman–Crippen LogP) is 0.626. The van der Waals surface area contributed by atoms with E-state index in [-0.39, 0.29) is 11.6 Å². The molecule has 0 rings (SSSR count). The SMILES string of the molecule is CCO[Si](OCC)(OCC)C(CC)N=C(N)N. The van der Waals surface area contributed by atoms with Crippen molar-refractivity contribution in [2.24, 2.45) is 16.5 Å². The van der Waals surface area contributed by atoms with Crippen molar-refractivity contribution >= 4 is 14.8 Å². The normalized spacial score (nSPS) is 13.4. The highest BCUT2D eigenvalue weighted by Gasteiger charge is 2.48. The standard InChI is InChI=1S/C10H25N3O3Si/c1-5-9(13-10(11)12)17(14-6-2,15-7-3)16-8-4/h9H,5-8H2,1-4H3,(H4,11,12,13). The van der Waals surface area contributed by atoms with Gasteiger partial charge in [-0.1, -0.05) is 6.92 Å². The van der Waals surface area contributed by atoms with E-state index in [1.54, 1.807) is 0 Å². The third-order valence-corrected chi connectivity index (χ3v) is 5.56. The number of guanidine groups is 1. The van der Waals surface area contributed by atoms with Gasteiger partial charge in [0.25, 0.3) is 0 Å². The fourth-order valence-corrected chi connectivity index (χ4v) is 4.46. The minimum Gasteiger partial charge on any atom is -0.373 e.